The number of hydrogen-bond acceptors (Lipinski definition) is 4. The molecule has 0 unspecified atom stereocenters. The van der Waals surface area contributed by atoms with Crippen LogP contribution in [-0.4, -0.2) is 45.7 Å². The van der Waals surface area contributed by atoms with Crippen LogP contribution in [0.5, 0.6) is 0 Å². The van der Waals surface area contributed by atoms with E-state index in [4.69, 9.17) is 4.74 Å². The van der Waals surface area contributed by atoms with Crippen LogP contribution in [0.4, 0.5) is 9.18 Å². The van der Waals surface area contributed by atoms with Crippen molar-refractivity contribution in [2.24, 2.45) is 23.7 Å². The number of rotatable bonds is 10. The van der Waals surface area contributed by atoms with Crippen LogP contribution < -0.4 is 10.6 Å². The second kappa shape index (κ2) is 11.4. The first-order chi connectivity index (χ1) is 20.1. The summed E-state index contributed by atoms with van der Waals surface area (Å²) in [4.78, 5) is 42.4. The van der Waals surface area contributed by atoms with Gasteiger partial charge < -0.3 is 25.5 Å². The molecular weight excluding hydrogens is 537 g/mol. The van der Waals surface area contributed by atoms with Gasteiger partial charge in [-0.1, -0.05) is 30.3 Å². The average Bonchev–Trinajstić information content (AvgIpc) is 3.33. The summed E-state index contributed by atoms with van der Waals surface area (Å²) in [6.07, 6.45) is 6.76. The molecule has 0 radical (unpaired) electrons. The molecule has 4 aliphatic rings. The van der Waals surface area contributed by atoms with Crippen molar-refractivity contribution in [3.8, 4) is 0 Å². The number of hydrogen-bond donors (Lipinski definition) is 4. The van der Waals surface area contributed by atoms with E-state index in [1.165, 1.54) is 18.6 Å². The number of H-pyrrole nitrogens is 1. The molecule has 42 heavy (non-hydrogen) atoms. The molecule has 0 saturated heterocycles. The molecule has 0 aliphatic heterocycles. The third-order valence-electron chi connectivity index (χ3n) is 9.63. The van der Waals surface area contributed by atoms with Gasteiger partial charge in [0.2, 0.25) is 5.91 Å². The number of carbonyl (C=O) groups excluding carboxylic acids is 2. The molecule has 3 aromatic rings. The van der Waals surface area contributed by atoms with Crippen molar-refractivity contribution in [3.05, 3.63) is 71.7 Å². The lowest BCUT2D eigenvalue weighted by Gasteiger charge is -2.53. The molecule has 4 bridgehead atoms. The van der Waals surface area contributed by atoms with E-state index >= 15 is 0 Å². The Bertz CT molecular complexity index is 1440. The Morgan fingerprint density at radius 2 is 1.69 bits per heavy atom. The number of amides is 2. The molecule has 2 aromatic carbocycles. The van der Waals surface area contributed by atoms with Crippen molar-refractivity contribution >= 4 is 28.9 Å². The Labute approximate surface area is 244 Å². The zero-order valence-electron chi connectivity index (χ0n) is 23.8. The number of carboxylic acids is 1. The molecule has 4 saturated carbocycles. The molecule has 222 valence electrons. The van der Waals surface area contributed by atoms with Crippen molar-refractivity contribution in [1.29, 1.82) is 0 Å². The highest BCUT2D eigenvalue weighted by Gasteiger charge is 2.50. The lowest BCUT2D eigenvalue weighted by atomic mass is 9.55. The first-order valence-electron chi connectivity index (χ1n) is 15.0. The molecule has 7 rings (SSSR count). The number of ether oxygens (including phenoxy) is 1. The van der Waals surface area contributed by atoms with Gasteiger partial charge in [-0.25, -0.2) is 9.18 Å². The maximum Gasteiger partial charge on any atom is 0.408 e. The summed E-state index contributed by atoms with van der Waals surface area (Å²) in [5.74, 6) is 0.234. The van der Waals surface area contributed by atoms with Crippen molar-refractivity contribution in [2.75, 3.05) is 0 Å². The summed E-state index contributed by atoms with van der Waals surface area (Å²) in [7, 11) is 0. The number of fused-ring (bicyclic) bond motifs is 1. The average molecular weight is 576 g/mol. The van der Waals surface area contributed by atoms with Crippen LogP contribution in [-0.2, 0) is 27.2 Å². The van der Waals surface area contributed by atoms with Crippen LogP contribution in [0.1, 0.15) is 56.6 Å². The van der Waals surface area contributed by atoms with E-state index in [0.717, 1.165) is 54.0 Å². The second-order valence-electron chi connectivity index (χ2n) is 12.9. The maximum atomic E-state index is 14.0. The van der Waals surface area contributed by atoms with E-state index < -0.39 is 35.4 Å². The first-order valence-corrected chi connectivity index (χ1v) is 15.0. The fourth-order valence-electron chi connectivity index (χ4n) is 7.92. The SMILES string of the molecule is C[C@](Cc1c[nH]c2ccccc12)(NC(=O)OC1C2CC3CC(C2)CC1C3)C(=O)N[C@H](CC(=O)O)Cc1ccc(F)cc1. The number of alkyl carbamates (subject to hydrolysis) is 1. The van der Waals surface area contributed by atoms with Crippen LogP contribution in [0.15, 0.2) is 54.7 Å². The third-order valence-corrected chi connectivity index (χ3v) is 9.63. The Kier molecular flexibility index (Phi) is 7.68. The van der Waals surface area contributed by atoms with Gasteiger partial charge in [0.1, 0.15) is 17.5 Å². The monoisotopic (exact) mass is 575 g/mol. The number of carbonyl (C=O) groups is 3. The molecule has 1 heterocycles. The number of para-hydroxylation sites is 1. The molecule has 4 fully saturated rings. The zero-order valence-corrected chi connectivity index (χ0v) is 23.8. The van der Waals surface area contributed by atoms with Gasteiger partial charge >= 0.3 is 12.1 Å². The minimum Gasteiger partial charge on any atom is -0.481 e. The highest BCUT2D eigenvalue weighted by atomic mass is 19.1. The fourth-order valence-corrected chi connectivity index (χ4v) is 7.92. The Morgan fingerprint density at radius 3 is 2.36 bits per heavy atom. The number of benzene rings is 2. The highest BCUT2D eigenvalue weighted by Crippen LogP contribution is 2.54. The third kappa shape index (κ3) is 6.01. The van der Waals surface area contributed by atoms with Crippen molar-refractivity contribution in [3.63, 3.8) is 0 Å². The van der Waals surface area contributed by atoms with Gasteiger partial charge in [0.05, 0.1) is 6.42 Å². The molecule has 1 aromatic heterocycles. The van der Waals surface area contributed by atoms with Crippen LogP contribution in [0.25, 0.3) is 10.9 Å². The molecular formula is C33H38FN3O5. The van der Waals surface area contributed by atoms with Crippen molar-refractivity contribution in [2.45, 2.75) is 76.0 Å². The summed E-state index contributed by atoms with van der Waals surface area (Å²) in [6.45, 7) is 1.65. The van der Waals surface area contributed by atoms with E-state index in [0.29, 0.717) is 17.4 Å². The quantitative estimate of drug-likeness (QED) is 0.259. The van der Waals surface area contributed by atoms with Gasteiger partial charge in [-0.2, -0.15) is 0 Å². The molecule has 8 nitrogen and oxygen atoms in total. The first kappa shape index (κ1) is 28.2. The van der Waals surface area contributed by atoms with Crippen molar-refractivity contribution < 1.29 is 28.6 Å². The van der Waals surface area contributed by atoms with Crippen LogP contribution in [0, 0.1) is 29.5 Å². The largest absolute Gasteiger partial charge is 0.481 e. The smallest absolute Gasteiger partial charge is 0.408 e. The topological polar surface area (TPSA) is 121 Å². The Morgan fingerprint density at radius 1 is 1.02 bits per heavy atom. The number of carboxylic acid groups (broad SMARTS) is 1. The predicted octanol–water partition coefficient (Wildman–Crippen LogP) is 5.36. The van der Waals surface area contributed by atoms with Gasteiger partial charge in [-0.15, -0.1) is 0 Å². The summed E-state index contributed by atoms with van der Waals surface area (Å²) < 4.78 is 19.5. The second-order valence-corrected chi connectivity index (χ2v) is 12.9. The summed E-state index contributed by atoms with van der Waals surface area (Å²) in [6, 6.07) is 12.7. The minimum absolute atomic E-state index is 0.142. The van der Waals surface area contributed by atoms with Gasteiger partial charge in [0.15, 0.2) is 0 Å². The minimum atomic E-state index is -1.44. The maximum absolute atomic E-state index is 14.0. The Balaban J connectivity index is 1.22. The van der Waals surface area contributed by atoms with Gasteiger partial charge in [0.25, 0.3) is 0 Å². The molecule has 4 N–H and O–H groups in total. The number of aromatic amines is 1. The standard InChI is InChI=1S/C33H38FN3O5/c1-33(17-24-18-35-28-5-3-2-4-27(24)28,31(40)36-26(16-29(38)39)15-19-6-8-25(34)9-7-19)37-32(41)42-30-22-11-20-10-21(13-22)14-23(30)12-20/h2-9,18,20-23,26,30,35H,10-17H2,1H3,(H,36,40)(H,37,41)(H,38,39)/t20?,21?,22?,23?,26-,30?,33+/m0/s1. The fraction of sp³-hybridized carbons (Fsp3) is 0.485. The summed E-state index contributed by atoms with van der Waals surface area (Å²) in [5.41, 5.74) is 1.00. The molecule has 0 spiro atoms. The molecule has 4 aliphatic carbocycles. The zero-order chi connectivity index (χ0) is 29.4. The van der Waals surface area contributed by atoms with Gasteiger partial charge in [-0.3, -0.25) is 9.59 Å². The predicted molar refractivity (Wildman–Crippen MR) is 155 cm³/mol. The summed E-state index contributed by atoms with van der Waals surface area (Å²) >= 11 is 0. The Hall–Kier alpha value is -3.88. The highest BCUT2D eigenvalue weighted by molar-refractivity contribution is 5.92. The van der Waals surface area contributed by atoms with Crippen molar-refractivity contribution in [1.82, 2.24) is 15.6 Å². The lowest BCUT2D eigenvalue weighted by molar-refractivity contribution is -0.138. The van der Waals surface area contributed by atoms with E-state index in [9.17, 15) is 23.9 Å². The van der Waals surface area contributed by atoms with E-state index in [-0.39, 0.29) is 25.4 Å². The van der Waals surface area contributed by atoms with E-state index in [1.807, 2.05) is 30.5 Å². The number of halogens is 1. The summed E-state index contributed by atoms with van der Waals surface area (Å²) in [5, 5.41) is 16.3. The lowest BCUT2D eigenvalue weighted by Crippen LogP contribution is -2.61. The van der Waals surface area contributed by atoms with Gasteiger partial charge in [-0.05, 0) is 98.4 Å². The normalized spacial score (nSPS) is 26.4. The van der Waals surface area contributed by atoms with E-state index in [1.54, 1.807) is 19.1 Å². The van der Waals surface area contributed by atoms with Crippen LogP contribution >= 0.6 is 0 Å². The van der Waals surface area contributed by atoms with Crippen LogP contribution in [0.3, 0.4) is 0 Å². The molecule has 2 atom stereocenters. The molecule has 2 amide bonds. The van der Waals surface area contributed by atoms with Gasteiger partial charge in [0, 0.05) is 29.6 Å². The number of aliphatic carboxylic acids is 1. The van der Waals surface area contributed by atoms with Crippen LogP contribution in [0.2, 0.25) is 0 Å². The molecule has 9 heteroatoms. The number of nitrogens with one attached hydrogen (secondary N) is 3. The van der Waals surface area contributed by atoms with E-state index in [2.05, 4.69) is 15.6 Å². The number of aromatic nitrogens is 1.